The second-order valence-corrected chi connectivity index (χ2v) is 9.98. The average Bonchev–Trinajstić information content (AvgIpc) is 2.91. The Morgan fingerprint density at radius 3 is 1.85 bits per heavy atom. The largest absolute Gasteiger partial charge is 0.480 e. The number of carbonyl (C=O) groups excluding carboxylic acids is 2. The minimum atomic E-state index is -1.04. The molecule has 0 rings (SSSR count). The van der Waals surface area contributed by atoms with Crippen LogP contribution in [0.3, 0.4) is 0 Å². The molecule has 0 radical (unpaired) electrons. The molecule has 0 saturated heterocycles. The van der Waals surface area contributed by atoms with Gasteiger partial charge >= 0.3 is 11.9 Å². The van der Waals surface area contributed by atoms with Crippen LogP contribution < -0.4 is 5.32 Å². The summed E-state index contributed by atoms with van der Waals surface area (Å²) in [6, 6.07) is 0. The molecule has 0 aliphatic carbocycles. The number of allylic oxidation sites excluding steroid dienone is 8. The lowest BCUT2D eigenvalue weighted by Gasteiger charge is -2.18. The molecule has 0 aliphatic heterocycles. The van der Waals surface area contributed by atoms with Gasteiger partial charge in [0.1, 0.15) is 12.6 Å². The average molecular weight is 546 g/mol. The monoisotopic (exact) mass is 545 g/mol. The van der Waals surface area contributed by atoms with Gasteiger partial charge in [0.2, 0.25) is 5.91 Å². The SMILES string of the molecule is CC/C=C\C/C=C\C/C=C\C/C=C\CCCCC(=O)OC(CCCCCC)CCCCCC(=O)NCC(=O)O. The molecule has 0 aromatic heterocycles. The smallest absolute Gasteiger partial charge is 0.322 e. The topological polar surface area (TPSA) is 92.7 Å². The molecule has 1 unspecified atom stereocenters. The van der Waals surface area contributed by atoms with E-state index in [2.05, 4.69) is 67.8 Å². The Labute approximate surface area is 238 Å². The summed E-state index contributed by atoms with van der Waals surface area (Å²) in [6.45, 7) is 3.99. The number of hydrogen-bond donors (Lipinski definition) is 2. The molecule has 0 aromatic carbocycles. The van der Waals surface area contributed by atoms with Gasteiger partial charge in [0.25, 0.3) is 0 Å². The van der Waals surface area contributed by atoms with Gasteiger partial charge in [0.05, 0.1) is 0 Å². The van der Waals surface area contributed by atoms with Crippen molar-refractivity contribution in [3.63, 3.8) is 0 Å². The number of aliphatic carboxylic acids is 1. The highest BCUT2D eigenvalue weighted by Crippen LogP contribution is 2.17. The molecule has 0 aromatic rings. The standard InChI is InChI=1S/C33H55NO5/c1-3-5-7-9-10-11-12-13-14-15-16-17-18-19-24-28-33(38)39-30(25-21-8-6-4-2)26-22-20-23-27-31(35)34-29-32(36)37/h5,7,10-11,13-14,16-17,30H,3-4,6,8-9,12,15,18-29H2,1-2H3,(H,34,35)(H,36,37)/b7-5-,11-10-,14-13-,17-16-. The van der Waals surface area contributed by atoms with E-state index < -0.39 is 5.97 Å². The van der Waals surface area contributed by atoms with Gasteiger partial charge in [-0.1, -0.05) is 88.1 Å². The van der Waals surface area contributed by atoms with Crippen LogP contribution in [0, 0.1) is 0 Å². The number of amides is 1. The van der Waals surface area contributed by atoms with Gasteiger partial charge in [-0.15, -0.1) is 0 Å². The number of carbonyl (C=O) groups is 3. The van der Waals surface area contributed by atoms with Gasteiger partial charge in [-0.3, -0.25) is 14.4 Å². The van der Waals surface area contributed by atoms with Crippen LogP contribution in [0.25, 0.3) is 0 Å². The van der Waals surface area contributed by atoms with Gasteiger partial charge < -0.3 is 15.2 Å². The van der Waals surface area contributed by atoms with Crippen LogP contribution in [0.2, 0.25) is 0 Å². The summed E-state index contributed by atoms with van der Waals surface area (Å²) < 4.78 is 5.82. The highest BCUT2D eigenvalue weighted by molar-refractivity contribution is 5.80. The third-order valence-corrected chi connectivity index (χ3v) is 6.27. The highest BCUT2D eigenvalue weighted by atomic mass is 16.5. The second kappa shape index (κ2) is 28.4. The Morgan fingerprint density at radius 2 is 1.26 bits per heavy atom. The van der Waals surface area contributed by atoms with Crippen LogP contribution >= 0.6 is 0 Å². The molecule has 1 atom stereocenters. The van der Waals surface area contributed by atoms with E-state index in [1.807, 2.05) is 0 Å². The van der Waals surface area contributed by atoms with E-state index in [1.165, 1.54) is 12.8 Å². The molecule has 0 saturated carbocycles. The van der Waals surface area contributed by atoms with Gasteiger partial charge in [-0.05, 0) is 77.0 Å². The minimum absolute atomic E-state index is 0.0514. The summed E-state index contributed by atoms with van der Waals surface area (Å²) >= 11 is 0. The maximum Gasteiger partial charge on any atom is 0.322 e. The molecule has 0 aliphatic rings. The van der Waals surface area contributed by atoms with Crippen LogP contribution in [-0.2, 0) is 19.1 Å². The summed E-state index contributed by atoms with van der Waals surface area (Å²) in [5.74, 6) is -1.37. The number of nitrogens with one attached hydrogen (secondary N) is 1. The van der Waals surface area contributed by atoms with Crippen LogP contribution in [-0.4, -0.2) is 35.6 Å². The van der Waals surface area contributed by atoms with Crippen LogP contribution in [0.5, 0.6) is 0 Å². The highest BCUT2D eigenvalue weighted by Gasteiger charge is 2.14. The van der Waals surface area contributed by atoms with Crippen molar-refractivity contribution in [2.24, 2.45) is 0 Å². The lowest BCUT2D eigenvalue weighted by Crippen LogP contribution is -2.28. The first kappa shape index (κ1) is 36.4. The maximum atomic E-state index is 12.4. The van der Waals surface area contributed by atoms with Gasteiger partial charge in [0, 0.05) is 12.8 Å². The lowest BCUT2D eigenvalue weighted by atomic mass is 10.0. The molecule has 0 heterocycles. The predicted molar refractivity (Wildman–Crippen MR) is 162 cm³/mol. The Hall–Kier alpha value is -2.63. The quantitative estimate of drug-likeness (QED) is 0.0647. The molecule has 1 amide bonds. The summed E-state index contributed by atoms with van der Waals surface area (Å²) in [5.41, 5.74) is 0. The van der Waals surface area contributed by atoms with Crippen molar-refractivity contribution in [1.29, 1.82) is 0 Å². The van der Waals surface area contributed by atoms with Gasteiger partial charge in [0.15, 0.2) is 0 Å². The molecule has 39 heavy (non-hydrogen) atoms. The van der Waals surface area contributed by atoms with E-state index >= 15 is 0 Å². The van der Waals surface area contributed by atoms with Crippen molar-refractivity contribution in [3.8, 4) is 0 Å². The fourth-order valence-electron chi connectivity index (χ4n) is 4.03. The third-order valence-electron chi connectivity index (χ3n) is 6.27. The molecule has 6 nitrogen and oxygen atoms in total. The fourth-order valence-corrected chi connectivity index (χ4v) is 4.03. The van der Waals surface area contributed by atoms with E-state index in [4.69, 9.17) is 9.84 Å². The van der Waals surface area contributed by atoms with Crippen molar-refractivity contribution in [2.45, 2.75) is 136 Å². The van der Waals surface area contributed by atoms with Crippen LogP contribution in [0.1, 0.15) is 129 Å². The first-order chi connectivity index (χ1) is 19.0. The number of rotatable bonds is 26. The Bertz CT molecular complexity index is 738. The van der Waals surface area contributed by atoms with Crippen molar-refractivity contribution < 1.29 is 24.2 Å². The second-order valence-electron chi connectivity index (χ2n) is 9.98. The van der Waals surface area contributed by atoms with Crippen LogP contribution in [0.15, 0.2) is 48.6 Å². The normalized spacial score (nSPS) is 12.7. The van der Waals surface area contributed by atoms with Gasteiger partial charge in [-0.25, -0.2) is 0 Å². The molecule has 6 heteroatoms. The Morgan fingerprint density at radius 1 is 0.692 bits per heavy atom. The maximum absolute atomic E-state index is 12.4. The molecular formula is C33H55NO5. The number of hydrogen-bond acceptors (Lipinski definition) is 4. The number of ether oxygens (including phenoxy) is 1. The van der Waals surface area contributed by atoms with Crippen molar-refractivity contribution in [1.82, 2.24) is 5.32 Å². The zero-order valence-corrected chi connectivity index (χ0v) is 24.7. The molecule has 222 valence electrons. The zero-order valence-electron chi connectivity index (χ0n) is 24.7. The van der Waals surface area contributed by atoms with E-state index in [0.717, 1.165) is 83.5 Å². The summed E-state index contributed by atoms with van der Waals surface area (Å²) in [6.07, 6.45) is 33.8. The Balaban J connectivity index is 4.07. The molecule has 2 N–H and O–H groups in total. The zero-order chi connectivity index (χ0) is 28.8. The third kappa shape index (κ3) is 28.2. The van der Waals surface area contributed by atoms with E-state index in [1.54, 1.807) is 0 Å². The molecular weight excluding hydrogens is 490 g/mol. The first-order valence-corrected chi connectivity index (χ1v) is 15.3. The van der Waals surface area contributed by atoms with Crippen molar-refractivity contribution >= 4 is 17.8 Å². The summed E-state index contributed by atoms with van der Waals surface area (Å²) in [5, 5.41) is 11.0. The van der Waals surface area contributed by atoms with Crippen molar-refractivity contribution in [2.75, 3.05) is 6.54 Å². The predicted octanol–water partition coefficient (Wildman–Crippen LogP) is 8.39. The van der Waals surface area contributed by atoms with E-state index in [0.29, 0.717) is 19.3 Å². The fraction of sp³-hybridized carbons (Fsp3) is 0.667. The van der Waals surface area contributed by atoms with Gasteiger partial charge in [-0.2, -0.15) is 0 Å². The number of carboxylic acid groups (broad SMARTS) is 1. The molecule has 0 spiro atoms. The lowest BCUT2D eigenvalue weighted by molar-refractivity contribution is -0.150. The Kier molecular flexibility index (Phi) is 26.5. The summed E-state index contributed by atoms with van der Waals surface area (Å²) in [7, 11) is 0. The minimum Gasteiger partial charge on any atom is -0.480 e. The van der Waals surface area contributed by atoms with E-state index in [9.17, 15) is 14.4 Å². The molecule has 0 bridgehead atoms. The summed E-state index contributed by atoms with van der Waals surface area (Å²) in [4.78, 5) is 34.5. The first-order valence-electron chi connectivity index (χ1n) is 15.3. The van der Waals surface area contributed by atoms with Crippen molar-refractivity contribution in [3.05, 3.63) is 48.6 Å². The number of unbranched alkanes of at least 4 members (excludes halogenated alkanes) is 7. The molecule has 0 fully saturated rings. The van der Waals surface area contributed by atoms with E-state index in [-0.39, 0.29) is 24.5 Å². The van der Waals surface area contributed by atoms with Crippen LogP contribution in [0.4, 0.5) is 0 Å². The number of carboxylic acids is 1. The number of esters is 1.